The Morgan fingerprint density at radius 1 is 1.15 bits per heavy atom. The second-order valence-electron chi connectivity index (χ2n) is 8.21. The number of hydrogen-bond donors (Lipinski definition) is 0. The molecule has 2 amide bonds. The van der Waals surface area contributed by atoms with Crippen molar-refractivity contribution in [2.24, 2.45) is 0 Å². The average Bonchev–Trinajstić information content (AvgIpc) is 3.25. The molecule has 1 unspecified atom stereocenters. The molecule has 0 bridgehead atoms. The Hall–Kier alpha value is -2.41. The minimum atomic E-state index is -0.604. The highest BCUT2D eigenvalue weighted by Gasteiger charge is 2.35. The van der Waals surface area contributed by atoms with E-state index in [1.807, 2.05) is 31.4 Å². The van der Waals surface area contributed by atoms with Crippen molar-refractivity contribution in [3.63, 3.8) is 0 Å². The van der Waals surface area contributed by atoms with Gasteiger partial charge >= 0.3 is 0 Å². The average molecular weight is 505 g/mol. The van der Waals surface area contributed by atoms with E-state index in [9.17, 15) is 14.0 Å². The number of benzene rings is 2. The predicted molar refractivity (Wildman–Crippen MR) is 131 cm³/mol. The van der Waals surface area contributed by atoms with Crippen molar-refractivity contribution in [3.8, 4) is 0 Å². The van der Waals surface area contributed by atoms with Crippen LogP contribution in [0.4, 0.5) is 4.39 Å². The molecule has 0 saturated carbocycles. The van der Waals surface area contributed by atoms with Crippen molar-refractivity contribution in [2.45, 2.75) is 32.4 Å². The number of carbonyl (C=O) groups is 2. The van der Waals surface area contributed by atoms with E-state index in [4.69, 9.17) is 23.2 Å². The third-order valence-electron chi connectivity index (χ3n) is 5.84. The molecule has 0 fully saturated rings. The molecule has 33 heavy (non-hydrogen) atoms. The predicted octanol–water partition coefficient (Wildman–Crippen LogP) is 6.22. The van der Waals surface area contributed by atoms with Crippen LogP contribution in [0.5, 0.6) is 0 Å². The van der Waals surface area contributed by atoms with Gasteiger partial charge in [0.15, 0.2) is 0 Å². The van der Waals surface area contributed by atoms with Gasteiger partial charge in [0.05, 0.1) is 11.6 Å². The summed E-state index contributed by atoms with van der Waals surface area (Å²) >= 11 is 14.3. The van der Waals surface area contributed by atoms with Crippen LogP contribution in [0.15, 0.2) is 53.9 Å². The topological polar surface area (TPSA) is 40.6 Å². The highest BCUT2D eigenvalue weighted by molar-refractivity contribution is 7.10. The van der Waals surface area contributed by atoms with Gasteiger partial charge in [-0.05, 0) is 67.1 Å². The molecule has 8 heteroatoms. The fourth-order valence-electron chi connectivity index (χ4n) is 4.16. The molecule has 0 spiro atoms. The summed E-state index contributed by atoms with van der Waals surface area (Å²) in [6, 6.07) is 12.4. The third kappa shape index (κ3) is 4.79. The van der Waals surface area contributed by atoms with Crippen molar-refractivity contribution in [1.82, 2.24) is 9.80 Å². The Bertz CT molecular complexity index is 1200. The molecule has 0 radical (unpaired) electrons. The number of halogens is 3. The lowest BCUT2D eigenvalue weighted by molar-refractivity contribution is -0.134. The standard InChI is InChI=1S/C25H23Cl2FN2O2S/c1-15(2)30(25(32)18-5-3-4-6-21(18)28)14-23(31)29-11-9-22-19(10-12-33-22)24(29)17-8-7-16(26)13-20(17)27/h3-8,10,12-13,15,24H,9,11,14H2,1-2H3. The quantitative estimate of drug-likeness (QED) is 0.413. The van der Waals surface area contributed by atoms with Crippen LogP contribution in [-0.2, 0) is 11.2 Å². The van der Waals surface area contributed by atoms with Gasteiger partial charge in [-0.15, -0.1) is 11.3 Å². The Morgan fingerprint density at radius 3 is 2.61 bits per heavy atom. The molecular formula is C25H23Cl2FN2O2S. The number of rotatable bonds is 5. The van der Waals surface area contributed by atoms with E-state index in [-0.39, 0.29) is 30.1 Å². The lowest BCUT2D eigenvalue weighted by Gasteiger charge is -2.38. The Labute approximate surface area is 206 Å². The minimum absolute atomic E-state index is 0.0462. The van der Waals surface area contributed by atoms with Gasteiger partial charge in [-0.2, -0.15) is 0 Å². The van der Waals surface area contributed by atoms with Crippen molar-refractivity contribution in [2.75, 3.05) is 13.1 Å². The largest absolute Gasteiger partial charge is 0.330 e. The fourth-order valence-corrected chi connectivity index (χ4v) is 5.57. The Balaban J connectivity index is 1.66. The number of carbonyl (C=O) groups excluding carboxylic acids is 2. The summed E-state index contributed by atoms with van der Waals surface area (Å²) in [6.45, 7) is 3.96. The first kappa shape index (κ1) is 23.7. The highest BCUT2D eigenvalue weighted by atomic mass is 35.5. The maximum Gasteiger partial charge on any atom is 0.257 e. The summed E-state index contributed by atoms with van der Waals surface area (Å²) in [4.78, 5) is 31.1. The SMILES string of the molecule is CC(C)N(CC(=O)N1CCc2sccc2C1c1ccc(Cl)cc1Cl)C(=O)c1ccccc1F. The maximum absolute atomic E-state index is 14.3. The van der Waals surface area contributed by atoms with Crippen LogP contribution in [0.2, 0.25) is 10.0 Å². The van der Waals surface area contributed by atoms with Crippen LogP contribution in [0, 0.1) is 5.82 Å². The van der Waals surface area contributed by atoms with Gasteiger partial charge in [0.2, 0.25) is 5.91 Å². The molecular weight excluding hydrogens is 482 g/mol. The van der Waals surface area contributed by atoms with Crippen LogP contribution in [0.1, 0.15) is 46.3 Å². The zero-order chi connectivity index (χ0) is 23.7. The van der Waals surface area contributed by atoms with Crippen molar-refractivity contribution < 1.29 is 14.0 Å². The molecule has 4 rings (SSSR count). The second-order valence-corrected chi connectivity index (χ2v) is 10.1. The van der Waals surface area contributed by atoms with Gasteiger partial charge in [0, 0.05) is 27.5 Å². The number of hydrogen-bond acceptors (Lipinski definition) is 3. The van der Waals surface area contributed by atoms with Crippen LogP contribution in [-0.4, -0.2) is 40.7 Å². The van der Waals surface area contributed by atoms with E-state index in [1.54, 1.807) is 34.4 Å². The molecule has 0 aliphatic carbocycles. The molecule has 172 valence electrons. The highest BCUT2D eigenvalue weighted by Crippen LogP contribution is 2.41. The zero-order valence-corrected chi connectivity index (χ0v) is 20.6. The number of fused-ring (bicyclic) bond motifs is 1. The molecule has 1 aromatic heterocycles. The lowest BCUT2D eigenvalue weighted by atomic mass is 9.93. The van der Waals surface area contributed by atoms with E-state index >= 15 is 0 Å². The van der Waals surface area contributed by atoms with E-state index in [2.05, 4.69) is 0 Å². The van der Waals surface area contributed by atoms with Crippen molar-refractivity contribution in [3.05, 3.63) is 91.3 Å². The minimum Gasteiger partial charge on any atom is -0.330 e. The third-order valence-corrected chi connectivity index (χ3v) is 7.40. The molecule has 4 nitrogen and oxygen atoms in total. The van der Waals surface area contributed by atoms with Crippen molar-refractivity contribution in [1.29, 1.82) is 0 Å². The van der Waals surface area contributed by atoms with E-state index in [1.165, 1.54) is 28.0 Å². The Kier molecular flexibility index (Phi) is 7.07. The number of amides is 2. The van der Waals surface area contributed by atoms with Gasteiger partial charge < -0.3 is 9.80 Å². The number of thiophene rings is 1. The number of nitrogens with zero attached hydrogens (tertiary/aromatic N) is 2. The monoisotopic (exact) mass is 504 g/mol. The van der Waals surface area contributed by atoms with Gasteiger partial charge in [-0.3, -0.25) is 9.59 Å². The first-order valence-corrected chi connectivity index (χ1v) is 12.3. The summed E-state index contributed by atoms with van der Waals surface area (Å²) < 4.78 is 14.3. The summed E-state index contributed by atoms with van der Waals surface area (Å²) in [6.07, 6.45) is 0.726. The van der Waals surface area contributed by atoms with Gasteiger partial charge in [0.1, 0.15) is 12.4 Å². The first-order chi connectivity index (χ1) is 15.8. The van der Waals surface area contributed by atoms with Gasteiger partial charge in [-0.25, -0.2) is 4.39 Å². The van der Waals surface area contributed by atoms with E-state index < -0.39 is 11.7 Å². The summed E-state index contributed by atoms with van der Waals surface area (Å²) in [7, 11) is 0. The van der Waals surface area contributed by atoms with Crippen LogP contribution < -0.4 is 0 Å². The molecule has 0 N–H and O–H groups in total. The zero-order valence-electron chi connectivity index (χ0n) is 18.2. The second kappa shape index (κ2) is 9.84. The summed E-state index contributed by atoms with van der Waals surface area (Å²) in [5, 5.41) is 3.01. The van der Waals surface area contributed by atoms with Crippen LogP contribution in [0.3, 0.4) is 0 Å². The summed E-state index contributed by atoms with van der Waals surface area (Å²) in [5.74, 6) is -1.33. The molecule has 2 heterocycles. The molecule has 3 aromatic rings. The molecule has 0 saturated heterocycles. The molecule has 1 aliphatic heterocycles. The first-order valence-electron chi connectivity index (χ1n) is 10.6. The van der Waals surface area contributed by atoms with E-state index in [0.29, 0.717) is 16.6 Å². The van der Waals surface area contributed by atoms with Crippen LogP contribution >= 0.6 is 34.5 Å². The fraction of sp³-hybridized carbons (Fsp3) is 0.280. The maximum atomic E-state index is 14.3. The molecule has 1 aliphatic rings. The van der Waals surface area contributed by atoms with Gasteiger partial charge in [0.25, 0.3) is 5.91 Å². The molecule has 1 atom stereocenters. The Morgan fingerprint density at radius 2 is 1.91 bits per heavy atom. The summed E-state index contributed by atoms with van der Waals surface area (Å²) in [5.41, 5.74) is 1.76. The van der Waals surface area contributed by atoms with E-state index in [0.717, 1.165) is 17.5 Å². The lowest BCUT2D eigenvalue weighted by Crippen LogP contribution is -2.48. The molecule has 2 aromatic carbocycles. The van der Waals surface area contributed by atoms with Crippen LogP contribution in [0.25, 0.3) is 0 Å². The normalized spacial score (nSPS) is 15.5. The van der Waals surface area contributed by atoms with Gasteiger partial charge in [-0.1, -0.05) is 41.4 Å². The van der Waals surface area contributed by atoms with Crippen molar-refractivity contribution >= 4 is 46.4 Å². The smallest absolute Gasteiger partial charge is 0.257 e.